The summed E-state index contributed by atoms with van der Waals surface area (Å²) in [7, 11) is 0. The lowest BCUT2D eigenvalue weighted by molar-refractivity contribution is -0.146. The Labute approximate surface area is 147 Å². The maximum Gasteiger partial charge on any atom is 0.352 e. The van der Waals surface area contributed by atoms with E-state index < -0.39 is 23.3 Å². The minimum atomic E-state index is -1.20. The van der Waals surface area contributed by atoms with Gasteiger partial charge in [-0.15, -0.1) is 11.8 Å². The zero-order chi connectivity index (χ0) is 18.3. The van der Waals surface area contributed by atoms with Gasteiger partial charge in [-0.2, -0.15) is 0 Å². The first-order chi connectivity index (χ1) is 11.8. The number of nitrogens with zero attached hydrogens (tertiary/aromatic N) is 1. The molecule has 0 spiro atoms. The second kappa shape index (κ2) is 6.41. The highest BCUT2D eigenvalue weighted by molar-refractivity contribution is 8.00. The number of carboxylic acid groups (broad SMARTS) is 1. The van der Waals surface area contributed by atoms with Crippen LogP contribution in [-0.2, 0) is 14.4 Å². The molecule has 2 aliphatic rings. The van der Waals surface area contributed by atoms with Gasteiger partial charge in [0, 0.05) is 0 Å². The quantitative estimate of drug-likeness (QED) is 0.572. The van der Waals surface area contributed by atoms with Gasteiger partial charge in [0.15, 0.2) is 0 Å². The number of rotatable bonds is 4. The molecule has 3 rings (SSSR count). The normalized spacial score (nSPS) is 23.6. The molecule has 0 aliphatic carbocycles. The van der Waals surface area contributed by atoms with Crippen LogP contribution in [-0.4, -0.2) is 43.6 Å². The highest BCUT2D eigenvalue weighted by Crippen LogP contribution is 2.43. The molecule has 3 atom stereocenters. The Morgan fingerprint density at radius 2 is 2.00 bits per heavy atom. The maximum atomic E-state index is 12.4. The lowest BCUT2D eigenvalue weighted by Crippen LogP contribution is -2.57. The second-order valence-electron chi connectivity index (χ2n) is 5.85. The Balaban J connectivity index is 1.78. The number of phenols is 1. The molecule has 0 aromatic heterocycles. The van der Waals surface area contributed by atoms with E-state index in [1.165, 1.54) is 28.8 Å². The number of amides is 2. The zero-order valence-electron chi connectivity index (χ0n) is 13.3. The fourth-order valence-electron chi connectivity index (χ4n) is 2.80. The zero-order valence-corrected chi connectivity index (χ0v) is 14.1. The van der Waals surface area contributed by atoms with E-state index in [-0.39, 0.29) is 29.1 Å². The molecule has 1 aromatic rings. The van der Waals surface area contributed by atoms with Crippen LogP contribution < -0.4 is 11.1 Å². The SMILES string of the molecule is CC1=C(C(=O)O)N2C(=O)C[C@H]2SC1NC(=O)[C@H](N)c1ccc(O)cc1. The van der Waals surface area contributed by atoms with Gasteiger partial charge in [0.25, 0.3) is 0 Å². The Bertz CT molecular complexity index is 776. The smallest absolute Gasteiger partial charge is 0.352 e. The van der Waals surface area contributed by atoms with Crippen LogP contribution in [0.25, 0.3) is 0 Å². The van der Waals surface area contributed by atoms with Crippen molar-refractivity contribution in [3.63, 3.8) is 0 Å². The third-order valence-corrected chi connectivity index (χ3v) is 5.65. The van der Waals surface area contributed by atoms with Gasteiger partial charge >= 0.3 is 5.97 Å². The van der Waals surface area contributed by atoms with Crippen LogP contribution in [0, 0.1) is 0 Å². The van der Waals surface area contributed by atoms with Crippen molar-refractivity contribution in [1.82, 2.24) is 10.2 Å². The minimum absolute atomic E-state index is 0.0683. The van der Waals surface area contributed by atoms with E-state index in [4.69, 9.17) is 5.73 Å². The van der Waals surface area contributed by atoms with Gasteiger partial charge in [-0.25, -0.2) is 4.79 Å². The molecule has 1 saturated heterocycles. The number of nitrogens with one attached hydrogen (secondary N) is 1. The summed E-state index contributed by atoms with van der Waals surface area (Å²) in [4.78, 5) is 36.8. The predicted octanol–water partition coefficient (Wildman–Crippen LogP) is 0.498. The van der Waals surface area contributed by atoms with E-state index in [0.29, 0.717) is 11.1 Å². The molecule has 2 aliphatic heterocycles. The number of carbonyl (C=O) groups is 3. The lowest BCUT2D eigenvalue weighted by atomic mass is 10.1. The van der Waals surface area contributed by atoms with Crippen molar-refractivity contribution in [2.24, 2.45) is 5.73 Å². The van der Waals surface area contributed by atoms with Crippen LogP contribution in [0.2, 0.25) is 0 Å². The Morgan fingerprint density at radius 1 is 1.36 bits per heavy atom. The van der Waals surface area contributed by atoms with Crippen molar-refractivity contribution < 1.29 is 24.6 Å². The van der Waals surface area contributed by atoms with E-state index in [9.17, 15) is 24.6 Å². The van der Waals surface area contributed by atoms with E-state index in [1.807, 2.05) is 0 Å². The molecule has 25 heavy (non-hydrogen) atoms. The van der Waals surface area contributed by atoms with E-state index in [0.717, 1.165) is 0 Å². The Hall–Kier alpha value is -2.52. The number of hydrogen-bond donors (Lipinski definition) is 4. The number of β-lactam (4-membered cyclic amide) rings is 1. The molecule has 5 N–H and O–H groups in total. The van der Waals surface area contributed by atoms with Crippen LogP contribution in [0.4, 0.5) is 0 Å². The molecule has 2 heterocycles. The molecule has 1 unspecified atom stereocenters. The fourth-order valence-corrected chi connectivity index (χ4v) is 4.20. The average molecular weight is 363 g/mol. The Morgan fingerprint density at radius 3 is 2.56 bits per heavy atom. The molecular formula is C16H17N3O5S. The fraction of sp³-hybridized carbons (Fsp3) is 0.312. The van der Waals surface area contributed by atoms with Gasteiger partial charge in [-0.3, -0.25) is 14.5 Å². The molecule has 0 radical (unpaired) electrons. The van der Waals surface area contributed by atoms with Crippen LogP contribution >= 0.6 is 11.8 Å². The molecule has 0 saturated carbocycles. The summed E-state index contributed by atoms with van der Waals surface area (Å²) in [6.07, 6.45) is 0.241. The average Bonchev–Trinajstić information content (AvgIpc) is 2.56. The molecule has 1 aromatic carbocycles. The lowest BCUT2D eigenvalue weighted by Gasteiger charge is -2.46. The number of phenolic OH excluding ortho intramolecular Hbond substituents is 1. The number of thioether (sulfide) groups is 1. The van der Waals surface area contributed by atoms with Gasteiger partial charge < -0.3 is 21.3 Å². The summed E-state index contributed by atoms with van der Waals surface area (Å²) in [6, 6.07) is 5.01. The van der Waals surface area contributed by atoms with Crippen LogP contribution in [0.1, 0.15) is 24.9 Å². The van der Waals surface area contributed by atoms with Crippen molar-refractivity contribution in [2.45, 2.75) is 30.1 Å². The number of carboxylic acids is 1. The topological polar surface area (TPSA) is 133 Å². The van der Waals surface area contributed by atoms with Crippen molar-refractivity contribution in [3.8, 4) is 5.75 Å². The number of aliphatic carboxylic acids is 1. The maximum absolute atomic E-state index is 12.4. The summed E-state index contributed by atoms with van der Waals surface area (Å²) >= 11 is 1.31. The summed E-state index contributed by atoms with van der Waals surface area (Å²) in [5.74, 6) is -1.83. The molecule has 9 heteroatoms. The number of hydrogen-bond acceptors (Lipinski definition) is 6. The van der Waals surface area contributed by atoms with Gasteiger partial charge in [-0.05, 0) is 30.2 Å². The number of nitrogens with two attached hydrogens (primary N) is 1. The first kappa shape index (κ1) is 17.3. The molecule has 8 nitrogen and oxygen atoms in total. The van der Waals surface area contributed by atoms with Gasteiger partial charge in [0.2, 0.25) is 11.8 Å². The summed E-state index contributed by atoms with van der Waals surface area (Å²) in [5.41, 5.74) is 6.78. The molecular weight excluding hydrogens is 346 g/mol. The van der Waals surface area contributed by atoms with Crippen molar-refractivity contribution in [3.05, 3.63) is 41.1 Å². The number of fused-ring (bicyclic) bond motifs is 1. The first-order valence-corrected chi connectivity index (χ1v) is 8.50. The van der Waals surface area contributed by atoms with Crippen LogP contribution in [0.3, 0.4) is 0 Å². The monoisotopic (exact) mass is 363 g/mol. The van der Waals surface area contributed by atoms with Crippen molar-refractivity contribution >= 4 is 29.5 Å². The number of carbonyl (C=O) groups excluding carboxylic acids is 2. The highest BCUT2D eigenvalue weighted by atomic mass is 32.2. The first-order valence-electron chi connectivity index (χ1n) is 7.56. The molecule has 0 bridgehead atoms. The van der Waals surface area contributed by atoms with Crippen LogP contribution in [0.15, 0.2) is 35.5 Å². The van der Waals surface area contributed by atoms with Gasteiger partial charge in [0.05, 0.1) is 11.8 Å². The van der Waals surface area contributed by atoms with Gasteiger partial charge in [-0.1, -0.05) is 12.1 Å². The highest BCUT2D eigenvalue weighted by Gasteiger charge is 2.47. The van der Waals surface area contributed by atoms with Crippen molar-refractivity contribution in [2.75, 3.05) is 0 Å². The number of aromatic hydroxyl groups is 1. The van der Waals surface area contributed by atoms with E-state index >= 15 is 0 Å². The summed E-state index contributed by atoms with van der Waals surface area (Å²) < 4.78 is 0. The summed E-state index contributed by atoms with van der Waals surface area (Å²) in [6.45, 7) is 1.58. The van der Waals surface area contributed by atoms with Crippen molar-refractivity contribution in [1.29, 1.82) is 0 Å². The standard InChI is InChI=1S/C16H17N3O5S/c1-7-13(16(23)24)19-10(21)6-11(19)25-15(7)18-14(22)12(17)8-2-4-9(20)5-3-8/h2-5,11-12,15,20H,6,17H2,1H3,(H,18,22)(H,23,24)/t11-,12-,15?/m1/s1. The molecule has 1 fully saturated rings. The van der Waals surface area contributed by atoms with E-state index in [1.54, 1.807) is 19.1 Å². The third-order valence-electron chi connectivity index (χ3n) is 4.22. The predicted molar refractivity (Wildman–Crippen MR) is 90.1 cm³/mol. The third kappa shape index (κ3) is 3.08. The Kier molecular flexibility index (Phi) is 4.44. The summed E-state index contributed by atoms with van der Waals surface area (Å²) in [5, 5.41) is 20.6. The second-order valence-corrected chi connectivity index (χ2v) is 7.14. The van der Waals surface area contributed by atoms with Crippen LogP contribution in [0.5, 0.6) is 5.75 Å². The molecule has 2 amide bonds. The molecule has 132 valence electrons. The number of benzene rings is 1. The van der Waals surface area contributed by atoms with Gasteiger partial charge in [0.1, 0.15) is 22.9 Å². The van der Waals surface area contributed by atoms with E-state index in [2.05, 4.69) is 5.32 Å². The largest absolute Gasteiger partial charge is 0.508 e. The minimum Gasteiger partial charge on any atom is -0.508 e.